The molecule has 8 aromatic carbocycles. The lowest BCUT2D eigenvalue weighted by atomic mass is 9.90. The van der Waals surface area contributed by atoms with Gasteiger partial charge in [0, 0.05) is 32.7 Å². The second kappa shape index (κ2) is 14.8. The number of nitriles is 1. The zero-order valence-corrected chi connectivity index (χ0v) is 35.0. The molecule has 2 aromatic heterocycles. The number of hydrogen-bond donors (Lipinski definition) is 0. The van der Waals surface area contributed by atoms with E-state index in [1.807, 2.05) is 123 Å². The number of aryl methyl sites for hydroxylation is 4. The third-order valence-electron chi connectivity index (χ3n) is 12.4. The highest BCUT2D eigenvalue weighted by Gasteiger charge is 2.42. The molecule has 0 aliphatic rings. The zero-order valence-electron chi connectivity index (χ0n) is 35.0. The van der Waals surface area contributed by atoms with Crippen LogP contribution in [-0.4, -0.2) is 9.13 Å². The summed E-state index contributed by atoms with van der Waals surface area (Å²) in [5, 5.41) is 14.7. The van der Waals surface area contributed by atoms with Crippen LogP contribution in [0.1, 0.15) is 38.9 Å². The van der Waals surface area contributed by atoms with Crippen molar-refractivity contribution in [3.05, 3.63) is 191 Å². The Kier molecular flexibility index (Phi) is 9.35. The number of aromatic nitrogens is 2. The van der Waals surface area contributed by atoms with E-state index in [0.717, 1.165) is 61.3 Å². The largest absolute Gasteiger partial charge is 0.417 e. The molecule has 0 saturated carbocycles. The molecule has 0 fully saturated rings. The summed E-state index contributed by atoms with van der Waals surface area (Å²) in [4.78, 5) is 0. The molecule has 0 N–H and O–H groups in total. The summed E-state index contributed by atoms with van der Waals surface area (Å²) in [6.45, 7) is 8.04. The number of fused-ring (bicyclic) bond motifs is 6. The first-order chi connectivity index (χ1) is 30.6. The first-order valence-corrected chi connectivity index (χ1v) is 20.7. The van der Waals surface area contributed by atoms with Gasteiger partial charge in [-0.3, -0.25) is 0 Å². The molecule has 0 aliphatic carbocycles. The van der Waals surface area contributed by atoms with Gasteiger partial charge < -0.3 is 9.13 Å². The van der Waals surface area contributed by atoms with Gasteiger partial charge in [0.15, 0.2) is 0 Å². The van der Waals surface area contributed by atoms with Crippen molar-refractivity contribution < 1.29 is 26.3 Å². The Balaban J connectivity index is 1.39. The number of hydrogen-bond acceptors (Lipinski definition) is 1. The Morgan fingerprint density at radius 3 is 1.38 bits per heavy atom. The standard InChI is InChI=1S/C55H37F6N3/c1-31-16-20-37(33(3)26-31)35-18-22-41-39-10-5-7-14-47(39)63(50(41)28-35)49-25-24-43(52-45(54(56,57)58)12-9-13-46(52)55(59,60)61)53(44(49)30-62)64-48-15-8-6-11-40(48)42-23-19-36(29-51(42)64)38-21-17-32(2)27-34(38)4/h5-29H,1-4H3. The van der Waals surface area contributed by atoms with Gasteiger partial charge in [0.1, 0.15) is 11.6 Å². The molecule has 314 valence electrons. The minimum Gasteiger partial charge on any atom is -0.308 e. The average Bonchev–Trinajstić information content (AvgIpc) is 3.76. The van der Waals surface area contributed by atoms with Crippen molar-refractivity contribution >= 4 is 43.6 Å². The smallest absolute Gasteiger partial charge is 0.308 e. The zero-order chi connectivity index (χ0) is 44.8. The molecule has 0 radical (unpaired) electrons. The van der Waals surface area contributed by atoms with Crippen LogP contribution >= 0.6 is 0 Å². The highest BCUT2D eigenvalue weighted by molar-refractivity contribution is 6.13. The topological polar surface area (TPSA) is 33.6 Å². The summed E-state index contributed by atoms with van der Waals surface area (Å²) in [7, 11) is 0. The second-order valence-corrected chi connectivity index (χ2v) is 16.5. The van der Waals surface area contributed by atoms with Crippen LogP contribution < -0.4 is 0 Å². The normalized spacial score (nSPS) is 12.2. The second-order valence-electron chi connectivity index (χ2n) is 16.5. The molecule has 0 saturated heterocycles. The van der Waals surface area contributed by atoms with Gasteiger partial charge in [-0.25, -0.2) is 0 Å². The Morgan fingerprint density at radius 2 is 0.891 bits per heavy atom. The van der Waals surface area contributed by atoms with Crippen molar-refractivity contribution in [3.8, 4) is 50.8 Å². The van der Waals surface area contributed by atoms with E-state index >= 15 is 26.3 Å². The van der Waals surface area contributed by atoms with Gasteiger partial charge in [0.05, 0.1) is 44.6 Å². The number of rotatable bonds is 5. The summed E-state index contributed by atoms with van der Waals surface area (Å²) >= 11 is 0. The first kappa shape index (κ1) is 40.5. The lowest BCUT2D eigenvalue weighted by Crippen LogP contribution is -2.16. The predicted molar refractivity (Wildman–Crippen MR) is 245 cm³/mol. The monoisotopic (exact) mass is 853 g/mol. The van der Waals surface area contributed by atoms with Crippen LogP contribution in [0.4, 0.5) is 26.3 Å². The van der Waals surface area contributed by atoms with Crippen LogP contribution in [0, 0.1) is 39.0 Å². The Morgan fingerprint density at radius 1 is 0.438 bits per heavy atom. The van der Waals surface area contributed by atoms with Crippen LogP contribution in [-0.2, 0) is 12.4 Å². The number of nitrogens with zero attached hydrogens (tertiary/aromatic N) is 3. The van der Waals surface area contributed by atoms with Gasteiger partial charge >= 0.3 is 12.4 Å². The van der Waals surface area contributed by atoms with Gasteiger partial charge in [-0.05, 0) is 104 Å². The molecule has 64 heavy (non-hydrogen) atoms. The van der Waals surface area contributed by atoms with Crippen molar-refractivity contribution in [3.63, 3.8) is 0 Å². The Bertz CT molecular complexity index is 3560. The molecule has 0 unspecified atom stereocenters. The maximum absolute atomic E-state index is 15.2. The molecule has 2 heterocycles. The van der Waals surface area contributed by atoms with Crippen molar-refractivity contribution in [2.24, 2.45) is 0 Å². The van der Waals surface area contributed by atoms with Crippen LogP contribution in [0.5, 0.6) is 0 Å². The van der Waals surface area contributed by atoms with Crippen molar-refractivity contribution in [2.45, 2.75) is 40.0 Å². The molecule has 0 bridgehead atoms. The summed E-state index contributed by atoms with van der Waals surface area (Å²) in [6, 6.07) is 46.2. The molecule has 10 rings (SSSR count). The van der Waals surface area contributed by atoms with Gasteiger partial charge in [0.25, 0.3) is 0 Å². The molecule has 9 heteroatoms. The van der Waals surface area contributed by atoms with Crippen LogP contribution in [0.3, 0.4) is 0 Å². The van der Waals surface area contributed by atoms with Gasteiger partial charge in [-0.1, -0.05) is 120 Å². The Labute approximate surface area is 364 Å². The predicted octanol–water partition coefficient (Wildman–Crippen LogP) is 16.0. The fraction of sp³-hybridized carbons (Fsp3) is 0.109. The van der Waals surface area contributed by atoms with Gasteiger partial charge in [0.2, 0.25) is 0 Å². The molecule has 10 aromatic rings. The number of benzene rings is 8. The molecule has 3 nitrogen and oxygen atoms in total. The SMILES string of the molecule is Cc1ccc(-c2ccc3c4ccccc4n(-c4ccc(-c5c(C(F)(F)F)cccc5C(F)(F)F)c(-n5c6ccccc6c6ccc(-c7ccc(C)cc7C)cc65)c4C#N)c3c2)c(C)c1. The first-order valence-electron chi connectivity index (χ1n) is 20.7. The van der Waals surface area contributed by atoms with E-state index in [-0.39, 0.29) is 11.3 Å². The van der Waals surface area contributed by atoms with Gasteiger partial charge in [-0.15, -0.1) is 0 Å². The maximum Gasteiger partial charge on any atom is 0.417 e. The van der Waals surface area contributed by atoms with Crippen LogP contribution in [0.2, 0.25) is 0 Å². The lowest BCUT2D eigenvalue weighted by Gasteiger charge is -2.24. The summed E-state index contributed by atoms with van der Waals surface area (Å²) < 4.78 is 94.8. The molecule has 0 atom stereocenters. The number of para-hydroxylation sites is 2. The molecule has 0 aliphatic heterocycles. The fourth-order valence-corrected chi connectivity index (χ4v) is 9.68. The molecule has 0 spiro atoms. The quantitative estimate of drug-likeness (QED) is 0.159. The number of halogens is 6. The average molecular weight is 854 g/mol. The summed E-state index contributed by atoms with van der Waals surface area (Å²) in [6.07, 6.45) is -10.4. The van der Waals surface area contributed by atoms with Crippen molar-refractivity contribution in [1.29, 1.82) is 5.26 Å². The van der Waals surface area contributed by atoms with E-state index < -0.39 is 34.6 Å². The minimum atomic E-state index is -5.19. The van der Waals surface area contributed by atoms with Crippen molar-refractivity contribution in [1.82, 2.24) is 9.13 Å². The summed E-state index contributed by atoms with van der Waals surface area (Å²) in [5.41, 5.74) is 5.92. The van der Waals surface area contributed by atoms with E-state index in [1.54, 1.807) is 16.7 Å². The highest BCUT2D eigenvalue weighted by Crippen LogP contribution is 2.49. The van der Waals surface area contributed by atoms with Crippen LogP contribution in [0.15, 0.2) is 152 Å². The minimum absolute atomic E-state index is 0.109. The molecule has 0 amide bonds. The molecular weight excluding hydrogens is 817 g/mol. The number of alkyl halides is 6. The van der Waals surface area contributed by atoms with Crippen LogP contribution in [0.25, 0.3) is 88.4 Å². The van der Waals surface area contributed by atoms with E-state index in [2.05, 4.69) is 24.3 Å². The maximum atomic E-state index is 15.2. The summed E-state index contributed by atoms with van der Waals surface area (Å²) in [5.74, 6) is 0. The third-order valence-corrected chi connectivity index (χ3v) is 12.4. The van der Waals surface area contributed by atoms with E-state index in [1.165, 1.54) is 12.1 Å². The van der Waals surface area contributed by atoms with E-state index in [4.69, 9.17) is 0 Å². The Hall–Kier alpha value is -7.57. The van der Waals surface area contributed by atoms with Crippen molar-refractivity contribution in [2.75, 3.05) is 0 Å². The molecular formula is C55H37F6N3. The van der Waals surface area contributed by atoms with E-state index in [9.17, 15) is 5.26 Å². The highest BCUT2D eigenvalue weighted by atomic mass is 19.4. The lowest BCUT2D eigenvalue weighted by molar-refractivity contribution is -0.142. The third kappa shape index (κ3) is 6.43. The van der Waals surface area contributed by atoms with Gasteiger partial charge in [-0.2, -0.15) is 31.6 Å². The van der Waals surface area contributed by atoms with E-state index in [0.29, 0.717) is 50.7 Å². The fourth-order valence-electron chi connectivity index (χ4n) is 9.68.